The summed E-state index contributed by atoms with van der Waals surface area (Å²) in [6, 6.07) is 10.4. The van der Waals surface area contributed by atoms with E-state index in [1.54, 1.807) is 19.2 Å². The molecule has 0 fully saturated rings. The van der Waals surface area contributed by atoms with E-state index < -0.39 is 0 Å². The van der Waals surface area contributed by atoms with Gasteiger partial charge in [-0.15, -0.1) is 0 Å². The van der Waals surface area contributed by atoms with Gasteiger partial charge in [-0.2, -0.15) is 0 Å². The lowest BCUT2D eigenvalue weighted by molar-refractivity contribution is -0.115. The number of ether oxygens (including phenoxy) is 1. The van der Waals surface area contributed by atoms with Crippen LogP contribution in [0.15, 0.2) is 36.4 Å². The summed E-state index contributed by atoms with van der Waals surface area (Å²) in [5.41, 5.74) is 1.41. The van der Waals surface area contributed by atoms with Gasteiger partial charge in [0.15, 0.2) is 0 Å². The first-order valence-electron chi connectivity index (χ1n) is 5.82. The van der Waals surface area contributed by atoms with Crippen molar-refractivity contribution < 1.29 is 9.53 Å². The molecular weight excluding hydrogens is 299 g/mol. The summed E-state index contributed by atoms with van der Waals surface area (Å²) < 4.78 is 5.06. The predicted molar refractivity (Wildman–Crippen MR) is 79.6 cm³/mol. The van der Waals surface area contributed by atoms with Crippen molar-refractivity contribution >= 4 is 34.8 Å². The van der Waals surface area contributed by atoms with Gasteiger partial charge in [-0.1, -0.05) is 35.3 Å². The Labute approximate surface area is 126 Å². The van der Waals surface area contributed by atoms with E-state index in [0.29, 0.717) is 5.69 Å². The predicted octanol–water partition coefficient (Wildman–Crippen LogP) is 3.58. The molecule has 1 aromatic carbocycles. The van der Waals surface area contributed by atoms with E-state index in [1.165, 1.54) is 0 Å². The van der Waals surface area contributed by atoms with Crippen molar-refractivity contribution in [3.8, 4) is 5.75 Å². The Morgan fingerprint density at radius 1 is 1.20 bits per heavy atom. The minimum atomic E-state index is -0.159. The normalized spacial score (nSPS) is 10.2. The van der Waals surface area contributed by atoms with Gasteiger partial charge in [0.2, 0.25) is 5.91 Å². The van der Waals surface area contributed by atoms with Gasteiger partial charge in [-0.3, -0.25) is 4.79 Å². The molecule has 1 aromatic heterocycles. The lowest BCUT2D eigenvalue weighted by Crippen LogP contribution is -2.14. The van der Waals surface area contributed by atoms with Gasteiger partial charge in [-0.05, 0) is 29.8 Å². The first-order valence-corrected chi connectivity index (χ1v) is 6.58. The van der Waals surface area contributed by atoms with Crippen LogP contribution in [0.1, 0.15) is 5.56 Å². The number of pyridine rings is 1. The highest BCUT2D eigenvalue weighted by Crippen LogP contribution is 2.19. The molecular formula is C14H12Cl2N2O2. The second-order valence-electron chi connectivity index (χ2n) is 4.07. The van der Waals surface area contributed by atoms with Crippen molar-refractivity contribution in [2.45, 2.75) is 6.42 Å². The van der Waals surface area contributed by atoms with Crippen molar-refractivity contribution in [1.82, 2.24) is 4.98 Å². The second kappa shape index (κ2) is 6.59. The number of nitrogens with zero attached hydrogens (tertiary/aromatic N) is 1. The molecule has 0 spiro atoms. The molecule has 20 heavy (non-hydrogen) atoms. The number of amides is 1. The third-order valence-corrected chi connectivity index (χ3v) is 2.96. The number of carbonyl (C=O) groups excluding carboxylic acids is 1. The molecule has 0 aliphatic carbocycles. The number of nitrogens with one attached hydrogen (secondary N) is 1. The average Bonchev–Trinajstić information content (AvgIpc) is 2.38. The molecule has 0 bridgehead atoms. The Morgan fingerprint density at radius 3 is 2.35 bits per heavy atom. The molecule has 0 saturated carbocycles. The molecule has 2 rings (SSSR count). The Balaban J connectivity index is 2.01. The van der Waals surface area contributed by atoms with E-state index in [4.69, 9.17) is 27.9 Å². The number of aromatic nitrogens is 1. The van der Waals surface area contributed by atoms with Gasteiger partial charge in [-0.25, -0.2) is 4.98 Å². The Bertz CT molecular complexity index is 595. The van der Waals surface area contributed by atoms with Crippen LogP contribution >= 0.6 is 23.2 Å². The van der Waals surface area contributed by atoms with E-state index in [-0.39, 0.29) is 22.6 Å². The summed E-state index contributed by atoms with van der Waals surface area (Å²) in [4.78, 5) is 15.7. The molecule has 1 N–H and O–H groups in total. The summed E-state index contributed by atoms with van der Waals surface area (Å²) in [6.45, 7) is 0. The fourth-order valence-electron chi connectivity index (χ4n) is 1.67. The van der Waals surface area contributed by atoms with Gasteiger partial charge < -0.3 is 10.1 Å². The molecule has 2 aromatic rings. The van der Waals surface area contributed by atoms with Crippen LogP contribution < -0.4 is 10.1 Å². The maximum absolute atomic E-state index is 11.9. The van der Waals surface area contributed by atoms with E-state index >= 15 is 0 Å². The fraction of sp³-hybridized carbons (Fsp3) is 0.143. The number of halogens is 2. The molecule has 1 amide bonds. The van der Waals surface area contributed by atoms with Gasteiger partial charge in [0.05, 0.1) is 13.5 Å². The van der Waals surface area contributed by atoms with Crippen LogP contribution in [-0.4, -0.2) is 18.0 Å². The fourth-order valence-corrected chi connectivity index (χ4v) is 2.13. The van der Waals surface area contributed by atoms with Crippen molar-refractivity contribution in [1.29, 1.82) is 0 Å². The molecule has 0 aliphatic rings. The third-order valence-electron chi connectivity index (χ3n) is 2.57. The topological polar surface area (TPSA) is 51.2 Å². The van der Waals surface area contributed by atoms with Crippen LogP contribution in [0.3, 0.4) is 0 Å². The van der Waals surface area contributed by atoms with Crippen LogP contribution in [0.4, 0.5) is 5.69 Å². The number of hydrogen-bond donors (Lipinski definition) is 1. The first-order chi connectivity index (χ1) is 9.56. The largest absolute Gasteiger partial charge is 0.497 e. The van der Waals surface area contributed by atoms with Gasteiger partial charge in [0.1, 0.15) is 16.1 Å². The van der Waals surface area contributed by atoms with E-state index in [2.05, 4.69) is 10.3 Å². The molecule has 0 unspecified atom stereocenters. The number of anilines is 1. The van der Waals surface area contributed by atoms with Crippen LogP contribution in [0.25, 0.3) is 0 Å². The summed E-state index contributed by atoms with van der Waals surface area (Å²) in [5.74, 6) is 0.593. The van der Waals surface area contributed by atoms with Crippen LogP contribution in [0.5, 0.6) is 5.75 Å². The average molecular weight is 311 g/mol. The highest BCUT2D eigenvalue weighted by Gasteiger charge is 2.06. The minimum absolute atomic E-state index is 0.159. The summed E-state index contributed by atoms with van der Waals surface area (Å²) >= 11 is 11.5. The lowest BCUT2D eigenvalue weighted by Gasteiger charge is -2.06. The zero-order chi connectivity index (χ0) is 14.5. The summed E-state index contributed by atoms with van der Waals surface area (Å²) in [7, 11) is 1.60. The minimum Gasteiger partial charge on any atom is -0.497 e. The van der Waals surface area contributed by atoms with Crippen molar-refractivity contribution in [2.75, 3.05) is 12.4 Å². The molecule has 0 radical (unpaired) electrons. The van der Waals surface area contributed by atoms with Crippen molar-refractivity contribution in [3.05, 3.63) is 52.3 Å². The smallest absolute Gasteiger partial charge is 0.228 e. The molecule has 1 heterocycles. The number of methoxy groups -OCH3 is 1. The SMILES string of the molecule is COc1ccc(CC(=O)Nc2cc(Cl)nc(Cl)c2)cc1. The Kier molecular flexibility index (Phi) is 4.82. The van der Waals surface area contributed by atoms with Gasteiger partial charge >= 0.3 is 0 Å². The standard InChI is InChI=1S/C14H12Cl2N2O2/c1-20-11-4-2-9(3-5-11)6-14(19)17-10-7-12(15)18-13(16)8-10/h2-5,7-8H,6H2,1H3,(H,17,18,19). The zero-order valence-electron chi connectivity index (χ0n) is 10.7. The molecule has 4 nitrogen and oxygen atoms in total. The van der Waals surface area contributed by atoms with Gasteiger partial charge in [0, 0.05) is 5.69 Å². The Hall–Kier alpha value is -1.78. The molecule has 0 saturated heterocycles. The lowest BCUT2D eigenvalue weighted by atomic mass is 10.1. The maximum Gasteiger partial charge on any atom is 0.228 e. The summed E-state index contributed by atoms with van der Waals surface area (Å²) in [6.07, 6.45) is 0.252. The zero-order valence-corrected chi connectivity index (χ0v) is 12.2. The van der Waals surface area contributed by atoms with Crippen molar-refractivity contribution in [2.24, 2.45) is 0 Å². The second-order valence-corrected chi connectivity index (χ2v) is 4.85. The number of hydrogen-bond acceptors (Lipinski definition) is 3. The third kappa shape index (κ3) is 4.11. The maximum atomic E-state index is 11.9. The molecule has 104 valence electrons. The molecule has 6 heteroatoms. The van der Waals surface area contributed by atoms with E-state index in [9.17, 15) is 4.79 Å². The highest BCUT2D eigenvalue weighted by atomic mass is 35.5. The van der Waals surface area contributed by atoms with Gasteiger partial charge in [0.25, 0.3) is 0 Å². The van der Waals surface area contributed by atoms with E-state index in [0.717, 1.165) is 11.3 Å². The summed E-state index contributed by atoms with van der Waals surface area (Å²) in [5, 5.41) is 3.19. The molecule has 0 atom stereocenters. The number of rotatable bonds is 4. The van der Waals surface area contributed by atoms with Crippen molar-refractivity contribution in [3.63, 3.8) is 0 Å². The number of benzene rings is 1. The van der Waals surface area contributed by atoms with Crippen LogP contribution in [-0.2, 0) is 11.2 Å². The van der Waals surface area contributed by atoms with Crippen LogP contribution in [0, 0.1) is 0 Å². The quantitative estimate of drug-likeness (QED) is 0.878. The van der Waals surface area contributed by atoms with E-state index in [1.807, 2.05) is 24.3 Å². The van der Waals surface area contributed by atoms with Crippen LogP contribution in [0.2, 0.25) is 10.3 Å². The monoisotopic (exact) mass is 310 g/mol. The Morgan fingerprint density at radius 2 is 1.80 bits per heavy atom. The number of carbonyl (C=O) groups is 1. The molecule has 0 aliphatic heterocycles. The first kappa shape index (κ1) is 14.6. The highest BCUT2D eigenvalue weighted by molar-refractivity contribution is 6.32.